The summed E-state index contributed by atoms with van der Waals surface area (Å²) in [5, 5.41) is 0. The number of aryl methyl sites for hydroxylation is 1. The lowest BCUT2D eigenvalue weighted by molar-refractivity contribution is 0.0506. The first-order chi connectivity index (χ1) is 8.77. The zero-order valence-electron chi connectivity index (χ0n) is 10.5. The molecule has 1 aromatic rings. The number of hydrogen-bond acceptors (Lipinski definition) is 2. The maximum absolute atomic E-state index is 12.0. The molecule has 18 heavy (non-hydrogen) atoms. The summed E-state index contributed by atoms with van der Waals surface area (Å²) >= 11 is 2.38. The number of carbonyl (C=O) groups excluding carboxylic acids is 1. The van der Waals surface area contributed by atoms with Crippen LogP contribution in [-0.2, 0) is 11.2 Å². The van der Waals surface area contributed by atoms with Crippen molar-refractivity contribution in [3.63, 3.8) is 0 Å². The van der Waals surface area contributed by atoms with Gasteiger partial charge >= 0.3 is 5.97 Å². The zero-order valence-corrected chi connectivity index (χ0v) is 12.7. The third-order valence-corrected chi connectivity index (χ3v) is 4.33. The predicted octanol–water partition coefficient (Wildman–Crippen LogP) is 4.15. The molecule has 0 bridgehead atoms. The van der Waals surface area contributed by atoms with Crippen molar-refractivity contribution in [3.8, 4) is 0 Å². The van der Waals surface area contributed by atoms with Gasteiger partial charge in [-0.2, -0.15) is 0 Å². The van der Waals surface area contributed by atoms with Crippen molar-refractivity contribution in [2.75, 3.05) is 6.61 Å². The third kappa shape index (κ3) is 3.97. The second kappa shape index (κ2) is 7.12. The fourth-order valence-electron chi connectivity index (χ4n) is 2.30. The van der Waals surface area contributed by atoms with Crippen LogP contribution < -0.4 is 0 Å². The Kier molecular flexibility index (Phi) is 5.47. The normalized spacial score (nSPS) is 22.3. The van der Waals surface area contributed by atoms with Gasteiger partial charge in [0.15, 0.2) is 0 Å². The summed E-state index contributed by atoms with van der Waals surface area (Å²) in [6.07, 6.45) is 7.08. The molecule has 0 aromatic heterocycles. The van der Waals surface area contributed by atoms with Gasteiger partial charge in [0.2, 0.25) is 0 Å². The summed E-state index contributed by atoms with van der Waals surface area (Å²) in [4.78, 5) is 12.0. The summed E-state index contributed by atoms with van der Waals surface area (Å²) in [5.74, 6) is -0.159. The molecule has 0 fully saturated rings. The van der Waals surface area contributed by atoms with E-state index in [4.69, 9.17) is 4.74 Å². The lowest BCUT2D eigenvalue weighted by atomic mass is 10.00. The molecule has 1 heterocycles. The number of rotatable bonds is 0. The van der Waals surface area contributed by atoms with Crippen LogP contribution in [0.3, 0.4) is 0 Å². The monoisotopic (exact) mass is 358 g/mol. The number of ether oxygens (including phenoxy) is 1. The first kappa shape index (κ1) is 13.8. The molecule has 1 aliphatic rings. The Balaban J connectivity index is 2.13. The number of halogens is 1. The zero-order chi connectivity index (χ0) is 12.8. The Labute approximate surface area is 122 Å². The van der Waals surface area contributed by atoms with Crippen LogP contribution >= 0.6 is 22.6 Å². The van der Waals surface area contributed by atoms with Crippen molar-refractivity contribution in [2.45, 2.75) is 42.4 Å². The predicted molar refractivity (Wildman–Crippen MR) is 81.3 cm³/mol. The fraction of sp³-hybridized carbons (Fsp3) is 0.533. The molecular formula is C15H19IO2. The molecule has 0 N–H and O–H groups in total. The minimum Gasteiger partial charge on any atom is -0.461 e. The number of hydrogen-bond donors (Lipinski definition) is 0. The van der Waals surface area contributed by atoms with Crippen LogP contribution in [0.25, 0.3) is 0 Å². The van der Waals surface area contributed by atoms with Crippen LogP contribution in [-0.4, -0.2) is 16.5 Å². The van der Waals surface area contributed by atoms with Gasteiger partial charge in [0.25, 0.3) is 0 Å². The van der Waals surface area contributed by atoms with Gasteiger partial charge < -0.3 is 4.74 Å². The number of alkyl halides is 1. The van der Waals surface area contributed by atoms with E-state index in [1.165, 1.54) is 19.3 Å². The molecule has 1 atom stereocenters. The molecule has 1 aliphatic heterocycles. The highest BCUT2D eigenvalue weighted by molar-refractivity contribution is 14.1. The number of cyclic esters (lactones) is 1. The van der Waals surface area contributed by atoms with E-state index in [1.54, 1.807) is 0 Å². The summed E-state index contributed by atoms with van der Waals surface area (Å²) < 4.78 is 5.85. The SMILES string of the molecule is O=C1OCC(I)CCCCCCc2ccccc21. The highest BCUT2D eigenvalue weighted by atomic mass is 127. The van der Waals surface area contributed by atoms with E-state index in [2.05, 4.69) is 22.6 Å². The second-order valence-corrected chi connectivity index (χ2v) is 6.57. The van der Waals surface area contributed by atoms with Gasteiger partial charge in [-0.1, -0.05) is 60.1 Å². The number of fused-ring (bicyclic) bond motifs is 1. The van der Waals surface area contributed by atoms with Crippen molar-refractivity contribution in [2.24, 2.45) is 0 Å². The van der Waals surface area contributed by atoms with E-state index >= 15 is 0 Å². The van der Waals surface area contributed by atoms with Crippen LogP contribution in [0.5, 0.6) is 0 Å². The molecule has 3 heteroatoms. The third-order valence-electron chi connectivity index (χ3n) is 3.35. The minimum absolute atomic E-state index is 0.159. The van der Waals surface area contributed by atoms with Gasteiger partial charge in [-0.05, 0) is 30.9 Å². The average Bonchev–Trinajstić information content (AvgIpc) is 2.39. The molecule has 98 valence electrons. The quantitative estimate of drug-likeness (QED) is 0.396. The Hall–Kier alpha value is -0.580. The van der Waals surface area contributed by atoms with Crippen molar-refractivity contribution in [1.29, 1.82) is 0 Å². The smallest absolute Gasteiger partial charge is 0.338 e. The lowest BCUT2D eigenvalue weighted by Gasteiger charge is -2.14. The Morgan fingerprint density at radius 3 is 2.78 bits per heavy atom. The van der Waals surface area contributed by atoms with E-state index in [9.17, 15) is 4.79 Å². The molecule has 0 saturated heterocycles. The van der Waals surface area contributed by atoms with Crippen LogP contribution in [0.4, 0.5) is 0 Å². The molecule has 0 amide bonds. The van der Waals surface area contributed by atoms with E-state index in [0.29, 0.717) is 10.5 Å². The average molecular weight is 358 g/mol. The second-order valence-electron chi connectivity index (χ2n) is 4.81. The van der Waals surface area contributed by atoms with Crippen LogP contribution in [0.1, 0.15) is 48.0 Å². The summed E-state index contributed by atoms with van der Waals surface area (Å²) in [6.45, 7) is 0.535. The molecule has 0 aliphatic carbocycles. The minimum atomic E-state index is -0.159. The summed E-state index contributed by atoms with van der Waals surface area (Å²) in [7, 11) is 0. The molecule has 0 saturated carbocycles. The lowest BCUT2D eigenvalue weighted by Crippen LogP contribution is -2.15. The van der Waals surface area contributed by atoms with Crippen molar-refractivity contribution < 1.29 is 9.53 Å². The van der Waals surface area contributed by atoms with E-state index in [1.807, 2.05) is 24.3 Å². The molecule has 2 nitrogen and oxygen atoms in total. The van der Waals surface area contributed by atoms with E-state index < -0.39 is 0 Å². The molecule has 1 aromatic carbocycles. The highest BCUT2D eigenvalue weighted by Crippen LogP contribution is 2.19. The molecular weight excluding hydrogens is 339 g/mol. The Morgan fingerprint density at radius 2 is 1.89 bits per heavy atom. The first-order valence-electron chi connectivity index (χ1n) is 6.66. The Morgan fingerprint density at radius 1 is 1.11 bits per heavy atom. The van der Waals surface area contributed by atoms with Gasteiger partial charge in [0.05, 0.1) is 5.56 Å². The number of carbonyl (C=O) groups is 1. The fourth-order valence-corrected chi connectivity index (χ4v) is 2.92. The highest BCUT2D eigenvalue weighted by Gasteiger charge is 2.15. The van der Waals surface area contributed by atoms with Crippen LogP contribution in [0.2, 0.25) is 0 Å². The standard InChI is InChI=1S/C15H19IO2/c16-13-9-4-2-1-3-7-12-8-5-6-10-14(12)15(17)18-11-13/h5-6,8,10,13H,1-4,7,9,11H2. The van der Waals surface area contributed by atoms with Crippen LogP contribution in [0.15, 0.2) is 24.3 Å². The molecule has 0 spiro atoms. The molecule has 0 radical (unpaired) electrons. The maximum atomic E-state index is 12.0. The topological polar surface area (TPSA) is 26.3 Å². The summed E-state index contributed by atoms with van der Waals surface area (Å²) in [6, 6.07) is 7.84. The van der Waals surface area contributed by atoms with Gasteiger partial charge in [0.1, 0.15) is 6.61 Å². The summed E-state index contributed by atoms with van der Waals surface area (Å²) in [5.41, 5.74) is 1.88. The number of esters is 1. The van der Waals surface area contributed by atoms with Crippen LogP contribution in [0, 0.1) is 0 Å². The molecule has 1 unspecified atom stereocenters. The first-order valence-corrected chi connectivity index (χ1v) is 7.91. The van der Waals surface area contributed by atoms with Crippen molar-refractivity contribution >= 4 is 28.6 Å². The van der Waals surface area contributed by atoms with Crippen molar-refractivity contribution in [3.05, 3.63) is 35.4 Å². The Bertz CT molecular complexity index is 403. The number of benzene rings is 1. The van der Waals surface area contributed by atoms with E-state index in [0.717, 1.165) is 30.4 Å². The van der Waals surface area contributed by atoms with Gasteiger partial charge in [0, 0.05) is 3.92 Å². The van der Waals surface area contributed by atoms with Crippen molar-refractivity contribution in [1.82, 2.24) is 0 Å². The molecule has 2 rings (SSSR count). The van der Waals surface area contributed by atoms with Gasteiger partial charge in [-0.15, -0.1) is 0 Å². The van der Waals surface area contributed by atoms with Gasteiger partial charge in [-0.3, -0.25) is 0 Å². The largest absolute Gasteiger partial charge is 0.461 e. The van der Waals surface area contributed by atoms with E-state index in [-0.39, 0.29) is 5.97 Å². The maximum Gasteiger partial charge on any atom is 0.338 e. The van der Waals surface area contributed by atoms with Gasteiger partial charge in [-0.25, -0.2) is 4.79 Å².